The van der Waals surface area contributed by atoms with Crippen molar-refractivity contribution in [3.8, 4) is 0 Å². The first kappa shape index (κ1) is 14.4. The lowest BCUT2D eigenvalue weighted by molar-refractivity contribution is -0.120. The second-order valence-corrected chi connectivity index (χ2v) is 5.08. The van der Waals surface area contributed by atoms with Crippen LogP contribution in [0.3, 0.4) is 0 Å². The Morgan fingerprint density at radius 2 is 2.15 bits per heavy atom. The molecule has 1 atom stereocenters. The molecule has 1 aromatic heterocycles. The molecule has 6 nitrogen and oxygen atoms in total. The van der Waals surface area contributed by atoms with E-state index in [9.17, 15) is 9.59 Å². The maximum Gasteiger partial charge on any atom is 0.376 e. The molecule has 1 fully saturated rings. The van der Waals surface area contributed by atoms with Crippen molar-refractivity contribution in [1.82, 2.24) is 9.97 Å². The van der Waals surface area contributed by atoms with Gasteiger partial charge in [0.2, 0.25) is 5.82 Å². The van der Waals surface area contributed by atoms with Crippen molar-refractivity contribution >= 4 is 17.6 Å². The number of carbonyl (C=O) groups excluding carboxylic acids is 2. The summed E-state index contributed by atoms with van der Waals surface area (Å²) in [6.45, 7) is 4.91. The third-order valence-electron chi connectivity index (χ3n) is 3.53. The highest BCUT2D eigenvalue weighted by atomic mass is 16.5. The van der Waals surface area contributed by atoms with Crippen molar-refractivity contribution < 1.29 is 14.3 Å². The smallest absolute Gasteiger partial charge is 0.376 e. The average Bonchev–Trinajstić information content (AvgIpc) is 2.45. The molecule has 20 heavy (non-hydrogen) atoms. The Kier molecular flexibility index (Phi) is 4.32. The second kappa shape index (κ2) is 5.98. The Bertz CT molecular complexity index is 530. The van der Waals surface area contributed by atoms with Gasteiger partial charge >= 0.3 is 5.97 Å². The molecule has 0 spiro atoms. The molecule has 1 aliphatic rings. The number of piperidine rings is 1. The fourth-order valence-electron chi connectivity index (χ4n) is 2.41. The number of anilines is 1. The Balaban J connectivity index is 2.25. The van der Waals surface area contributed by atoms with Crippen LogP contribution in [0.1, 0.15) is 36.1 Å². The Morgan fingerprint density at radius 1 is 1.40 bits per heavy atom. The molecule has 1 saturated heterocycles. The van der Waals surface area contributed by atoms with Gasteiger partial charge in [-0.05, 0) is 26.7 Å². The van der Waals surface area contributed by atoms with Crippen LogP contribution in [0.4, 0.5) is 5.82 Å². The lowest BCUT2D eigenvalue weighted by Gasteiger charge is -2.32. The molecule has 2 heterocycles. The Labute approximate surface area is 118 Å². The summed E-state index contributed by atoms with van der Waals surface area (Å²) in [4.78, 5) is 33.4. The number of nitrogens with zero attached hydrogens (tertiary/aromatic N) is 3. The summed E-state index contributed by atoms with van der Waals surface area (Å²) >= 11 is 0. The molecule has 6 heteroatoms. The molecular weight excluding hydrogens is 258 g/mol. The predicted octanol–water partition coefficient (Wildman–Crippen LogP) is 1.38. The number of ether oxygens (including phenoxy) is 1. The first-order chi connectivity index (χ1) is 9.51. The molecular formula is C14H19N3O3. The van der Waals surface area contributed by atoms with Gasteiger partial charge in [-0.2, -0.15) is 0 Å². The third-order valence-corrected chi connectivity index (χ3v) is 3.53. The minimum Gasteiger partial charge on any atom is -0.463 e. The van der Waals surface area contributed by atoms with Gasteiger partial charge in [-0.15, -0.1) is 0 Å². The zero-order valence-corrected chi connectivity index (χ0v) is 12.0. The molecule has 0 bridgehead atoms. The molecule has 1 aliphatic heterocycles. The number of Topliss-reactive ketones (excluding diaryl/α,β-unsaturated/α-hetero) is 1. The summed E-state index contributed by atoms with van der Waals surface area (Å²) in [5.41, 5.74) is 0.709. The Hall–Kier alpha value is -1.98. The van der Waals surface area contributed by atoms with Gasteiger partial charge < -0.3 is 9.64 Å². The molecule has 0 amide bonds. The molecule has 2 rings (SSSR count). The zero-order chi connectivity index (χ0) is 14.7. The van der Waals surface area contributed by atoms with Crippen molar-refractivity contribution in [2.75, 3.05) is 25.1 Å². The summed E-state index contributed by atoms with van der Waals surface area (Å²) in [5, 5.41) is 0. The van der Waals surface area contributed by atoms with Gasteiger partial charge in [0.15, 0.2) is 0 Å². The summed E-state index contributed by atoms with van der Waals surface area (Å²) in [6.07, 6.45) is 1.86. The van der Waals surface area contributed by atoms with Crippen molar-refractivity contribution in [2.24, 2.45) is 5.92 Å². The first-order valence-electron chi connectivity index (χ1n) is 6.70. The first-order valence-corrected chi connectivity index (χ1v) is 6.70. The van der Waals surface area contributed by atoms with E-state index in [1.807, 2.05) is 17.9 Å². The van der Waals surface area contributed by atoms with Gasteiger partial charge in [0.05, 0.1) is 7.11 Å². The fourth-order valence-corrected chi connectivity index (χ4v) is 2.41. The van der Waals surface area contributed by atoms with Crippen molar-refractivity contribution in [1.29, 1.82) is 0 Å². The van der Waals surface area contributed by atoms with E-state index in [1.165, 1.54) is 7.11 Å². The van der Waals surface area contributed by atoms with Gasteiger partial charge in [0, 0.05) is 30.8 Å². The second-order valence-electron chi connectivity index (χ2n) is 5.08. The van der Waals surface area contributed by atoms with Gasteiger partial charge in [-0.3, -0.25) is 4.79 Å². The summed E-state index contributed by atoms with van der Waals surface area (Å²) in [5.74, 6) is 0.445. The van der Waals surface area contributed by atoms with Crippen LogP contribution in [0.5, 0.6) is 0 Å². The van der Waals surface area contributed by atoms with Crippen molar-refractivity contribution in [3.63, 3.8) is 0 Å². The van der Waals surface area contributed by atoms with Crippen LogP contribution in [0.25, 0.3) is 0 Å². The van der Waals surface area contributed by atoms with E-state index in [0.29, 0.717) is 18.1 Å². The highest BCUT2D eigenvalue weighted by molar-refractivity contribution is 5.85. The number of hydrogen-bond acceptors (Lipinski definition) is 6. The number of hydrogen-bond donors (Lipinski definition) is 0. The van der Waals surface area contributed by atoms with E-state index in [1.54, 1.807) is 6.92 Å². The van der Waals surface area contributed by atoms with E-state index in [-0.39, 0.29) is 17.5 Å². The summed E-state index contributed by atoms with van der Waals surface area (Å²) < 4.78 is 4.66. The molecule has 0 N–H and O–H groups in total. The molecule has 108 valence electrons. The minimum absolute atomic E-state index is 0.0422. The molecule has 0 aromatic carbocycles. The minimum atomic E-state index is -0.546. The maximum absolute atomic E-state index is 11.6. The van der Waals surface area contributed by atoms with Crippen LogP contribution in [-0.4, -0.2) is 41.9 Å². The number of ketones is 1. The Morgan fingerprint density at radius 3 is 2.80 bits per heavy atom. The maximum atomic E-state index is 11.6. The lowest BCUT2D eigenvalue weighted by atomic mass is 9.94. The van der Waals surface area contributed by atoms with E-state index in [0.717, 1.165) is 19.4 Å². The van der Waals surface area contributed by atoms with E-state index in [2.05, 4.69) is 14.7 Å². The highest BCUT2D eigenvalue weighted by Crippen LogP contribution is 2.22. The van der Waals surface area contributed by atoms with E-state index >= 15 is 0 Å². The molecule has 0 radical (unpaired) electrons. The largest absolute Gasteiger partial charge is 0.463 e. The fraction of sp³-hybridized carbons (Fsp3) is 0.571. The van der Waals surface area contributed by atoms with Crippen LogP contribution >= 0.6 is 0 Å². The number of carbonyl (C=O) groups is 2. The molecule has 1 aromatic rings. The predicted molar refractivity (Wildman–Crippen MR) is 73.7 cm³/mol. The van der Waals surface area contributed by atoms with Crippen molar-refractivity contribution in [2.45, 2.75) is 26.7 Å². The SMILES string of the molecule is COC(=O)c1nc(C)cc(N2CCCC(C(C)=O)C2)n1. The van der Waals surface area contributed by atoms with E-state index < -0.39 is 5.97 Å². The highest BCUT2D eigenvalue weighted by Gasteiger charge is 2.25. The van der Waals surface area contributed by atoms with Crippen LogP contribution < -0.4 is 4.90 Å². The van der Waals surface area contributed by atoms with Gasteiger partial charge in [-0.25, -0.2) is 14.8 Å². The van der Waals surface area contributed by atoms with Crippen LogP contribution in [0.2, 0.25) is 0 Å². The summed E-state index contributed by atoms with van der Waals surface area (Å²) in [7, 11) is 1.31. The monoisotopic (exact) mass is 277 g/mol. The van der Waals surface area contributed by atoms with Gasteiger partial charge in [0.25, 0.3) is 0 Å². The normalized spacial score (nSPS) is 18.8. The van der Waals surface area contributed by atoms with Gasteiger partial charge in [-0.1, -0.05) is 0 Å². The van der Waals surface area contributed by atoms with E-state index in [4.69, 9.17) is 0 Å². The van der Waals surface area contributed by atoms with Crippen molar-refractivity contribution in [3.05, 3.63) is 17.6 Å². The van der Waals surface area contributed by atoms with Gasteiger partial charge in [0.1, 0.15) is 11.6 Å². The van der Waals surface area contributed by atoms with Crippen LogP contribution in [0.15, 0.2) is 6.07 Å². The summed E-state index contributed by atoms with van der Waals surface area (Å²) in [6, 6.07) is 1.83. The topological polar surface area (TPSA) is 72.4 Å². The quantitative estimate of drug-likeness (QED) is 0.777. The third kappa shape index (κ3) is 3.12. The average molecular weight is 277 g/mol. The number of methoxy groups -OCH3 is 1. The zero-order valence-electron chi connectivity index (χ0n) is 12.0. The standard InChI is InChI=1S/C14H19N3O3/c1-9-7-12(16-13(15-9)14(19)20-3)17-6-4-5-11(8-17)10(2)18/h7,11H,4-6,8H2,1-3H3. The number of rotatable bonds is 3. The number of esters is 1. The van der Waals surface area contributed by atoms with Crippen LogP contribution in [-0.2, 0) is 9.53 Å². The lowest BCUT2D eigenvalue weighted by Crippen LogP contribution is -2.38. The molecule has 1 unspecified atom stereocenters. The molecule has 0 aliphatic carbocycles. The van der Waals surface area contributed by atoms with Crippen LogP contribution in [0, 0.1) is 12.8 Å². The molecule has 0 saturated carbocycles. The number of aromatic nitrogens is 2. The number of aryl methyl sites for hydroxylation is 1.